The van der Waals surface area contributed by atoms with Gasteiger partial charge in [-0.3, -0.25) is 9.59 Å². The first-order valence-electron chi connectivity index (χ1n) is 5.16. The van der Waals surface area contributed by atoms with Gasteiger partial charge in [-0.25, -0.2) is 0 Å². The van der Waals surface area contributed by atoms with Crippen molar-refractivity contribution in [1.29, 1.82) is 0 Å². The lowest BCUT2D eigenvalue weighted by molar-refractivity contribution is -0.864. The van der Waals surface area contributed by atoms with Gasteiger partial charge in [0.25, 0.3) is 0 Å². The van der Waals surface area contributed by atoms with Gasteiger partial charge in [-0.1, -0.05) is 0 Å². The maximum Gasteiger partial charge on any atom is 0.320 e. The van der Waals surface area contributed by atoms with Crippen molar-refractivity contribution in [3.8, 4) is 0 Å². The Labute approximate surface area is 105 Å². The van der Waals surface area contributed by atoms with E-state index in [2.05, 4.69) is 0 Å². The van der Waals surface area contributed by atoms with Crippen LogP contribution in [0, 0.1) is 0 Å². The molecule has 0 bridgehead atoms. The van der Waals surface area contributed by atoms with Crippen molar-refractivity contribution in [2.24, 2.45) is 5.73 Å². The standard InChI is InChI=1S/C5H9NO4.C5H11NO2/c6-3(5(9)10)1-2-4(7)8;1-6(2,3)4-5(7)8/h3H,1-2,6H2,(H,7,8)(H,9,10);4H2,1-3H3. The number of aliphatic carboxylic acids is 3. The summed E-state index contributed by atoms with van der Waals surface area (Å²) in [6, 6.07) is -1.06. The molecule has 0 rings (SSSR count). The molecule has 0 aliphatic rings. The van der Waals surface area contributed by atoms with Crippen LogP contribution in [0.5, 0.6) is 0 Å². The van der Waals surface area contributed by atoms with Crippen LogP contribution in [0.25, 0.3) is 0 Å². The minimum Gasteiger partial charge on any atom is -0.544 e. The van der Waals surface area contributed by atoms with Crippen LogP contribution in [0.4, 0.5) is 0 Å². The average molecular weight is 264 g/mol. The molecule has 0 heterocycles. The molecule has 8 nitrogen and oxygen atoms in total. The summed E-state index contributed by atoms with van der Waals surface area (Å²) in [6.45, 7) is 0.0694. The number of nitrogens with two attached hydrogens (primary N) is 1. The molecule has 0 fully saturated rings. The number of carboxylic acids is 3. The summed E-state index contributed by atoms with van der Waals surface area (Å²) >= 11 is 0. The molecule has 18 heavy (non-hydrogen) atoms. The predicted molar refractivity (Wildman–Crippen MR) is 60.4 cm³/mol. The molecule has 4 N–H and O–H groups in total. The summed E-state index contributed by atoms with van der Waals surface area (Å²) < 4.78 is 0.419. The Kier molecular flexibility index (Phi) is 8.75. The van der Waals surface area contributed by atoms with Gasteiger partial charge in [0, 0.05) is 6.42 Å². The van der Waals surface area contributed by atoms with Gasteiger partial charge in [-0.15, -0.1) is 0 Å². The fraction of sp³-hybridized carbons (Fsp3) is 0.700. The van der Waals surface area contributed by atoms with E-state index in [0.717, 1.165) is 0 Å². The van der Waals surface area contributed by atoms with Gasteiger partial charge in [-0.2, -0.15) is 0 Å². The third-order valence-electron chi connectivity index (χ3n) is 1.59. The molecule has 0 radical (unpaired) electrons. The van der Waals surface area contributed by atoms with Gasteiger partial charge in [0.2, 0.25) is 0 Å². The number of hydrogen-bond donors (Lipinski definition) is 3. The number of carbonyl (C=O) groups excluding carboxylic acids is 1. The number of carboxylic acid groups (broad SMARTS) is 3. The summed E-state index contributed by atoms with van der Waals surface area (Å²) in [6.07, 6.45) is -0.224. The smallest absolute Gasteiger partial charge is 0.320 e. The van der Waals surface area contributed by atoms with E-state index in [1.165, 1.54) is 0 Å². The predicted octanol–water partition coefficient (Wildman–Crippen LogP) is -2.29. The first-order chi connectivity index (χ1) is 7.95. The molecule has 8 heteroatoms. The molecule has 1 unspecified atom stereocenters. The molecule has 0 aromatic carbocycles. The molecule has 0 saturated carbocycles. The molecule has 0 aromatic rings. The number of likely N-dealkylation sites (N-methyl/N-ethyl adjacent to an activating group) is 1. The van der Waals surface area contributed by atoms with Crippen molar-refractivity contribution in [1.82, 2.24) is 0 Å². The van der Waals surface area contributed by atoms with Crippen molar-refractivity contribution in [2.75, 3.05) is 27.7 Å². The second kappa shape index (κ2) is 8.43. The van der Waals surface area contributed by atoms with Gasteiger partial charge >= 0.3 is 11.9 Å². The topological polar surface area (TPSA) is 141 Å². The van der Waals surface area contributed by atoms with Gasteiger partial charge in [-0.05, 0) is 6.42 Å². The monoisotopic (exact) mass is 264 g/mol. The third kappa shape index (κ3) is 16.7. The van der Waals surface area contributed by atoms with Crippen molar-refractivity contribution in [2.45, 2.75) is 18.9 Å². The maximum atomic E-state index is 9.99. The van der Waals surface area contributed by atoms with Crippen LogP contribution in [0.1, 0.15) is 12.8 Å². The molecule has 0 aliphatic carbocycles. The first-order valence-corrected chi connectivity index (χ1v) is 5.16. The van der Waals surface area contributed by atoms with E-state index in [9.17, 15) is 19.5 Å². The van der Waals surface area contributed by atoms with Crippen LogP contribution in [0.2, 0.25) is 0 Å². The second-order valence-corrected chi connectivity index (χ2v) is 4.70. The zero-order valence-corrected chi connectivity index (χ0v) is 10.8. The van der Waals surface area contributed by atoms with E-state index in [0.29, 0.717) is 4.48 Å². The lowest BCUT2D eigenvalue weighted by Gasteiger charge is -2.23. The molecule has 0 aliphatic heterocycles. The van der Waals surface area contributed by atoms with E-state index in [1.807, 2.05) is 0 Å². The largest absolute Gasteiger partial charge is 0.544 e. The van der Waals surface area contributed by atoms with Gasteiger partial charge < -0.3 is 30.3 Å². The number of nitrogens with zero attached hydrogens (tertiary/aromatic N) is 1. The van der Waals surface area contributed by atoms with Crippen LogP contribution in [0.15, 0.2) is 0 Å². The molecule has 106 valence electrons. The molecule has 0 amide bonds. The Morgan fingerprint density at radius 3 is 1.83 bits per heavy atom. The van der Waals surface area contributed by atoms with Crippen LogP contribution in [-0.4, -0.2) is 66.3 Å². The van der Waals surface area contributed by atoms with Gasteiger partial charge in [0.15, 0.2) is 0 Å². The summed E-state index contributed by atoms with van der Waals surface area (Å²) in [4.78, 5) is 29.8. The Morgan fingerprint density at radius 1 is 1.22 bits per heavy atom. The maximum absolute atomic E-state index is 9.99. The van der Waals surface area contributed by atoms with Crippen LogP contribution < -0.4 is 10.8 Å². The first kappa shape index (κ1) is 18.7. The Hall–Kier alpha value is -1.67. The minimum atomic E-state index is -1.17. The summed E-state index contributed by atoms with van der Waals surface area (Å²) in [5.41, 5.74) is 5.00. The molecule has 1 atom stereocenters. The fourth-order valence-corrected chi connectivity index (χ4v) is 0.790. The van der Waals surface area contributed by atoms with Crippen LogP contribution in [-0.2, 0) is 14.4 Å². The Morgan fingerprint density at radius 2 is 1.67 bits per heavy atom. The Bertz CT molecular complexity index is 297. The highest BCUT2D eigenvalue weighted by atomic mass is 16.4. The summed E-state index contributed by atoms with van der Waals surface area (Å²) in [5.74, 6) is -3.20. The van der Waals surface area contributed by atoms with Gasteiger partial charge in [0.1, 0.15) is 12.6 Å². The molecule has 0 spiro atoms. The van der Waals surface area contributed by atoms with Gasteiger partial charge in [0.05, 0.1) is 27.1 Å². The molecule has 0 saturated heterocycles. The van der Waals surface area contributed by atoms with E-state index in [4.69, 9.17) is 15.9 Å². The normalized spacial score (nSPS) is 12.0. The van der Waals surface area contributed by atoms with Crippen LogP contribution >= 0.6 is 0 Å². The van der Waals surface area contributed by atoms with Crippen molar-refractivity contribution in [3.63, 3.8) is 0 Å². The Balaban J connectivity index is 0. The van der Waals surface area contributed by atoms with Crippen molar-refractivity contribution in [3.05, 3.63) is 0 Å². The second-order valence-electron chi connectivity index (χ2n) is 4.70. The highest BCUT2D eigenvalue weighted by molar-refractivity contribution is 5.74. The molecular weight excluding hydrogens is 244 g/mol. The average Bonchev–Trinajstić information content (AvgIpc) is 2.10. The lowest BCUT2D eigenvalue weighted by Crippen LogP contribution is -2.45. The lowest BCUT2D eigenvalue weighted by atomic mass is 10.2. The number of quaternary nitrogens is 1. The quantitative estimate of drug-likeness (QED) is 0.458. The van der Waals surface area contributed by atoms with E-state index >= 15 is 0 Å². The third-order valence-corrected chi connectivity index (χ3v) is 1.59. The number of carbonyl (C=O) groups is 3. The fourth-order valence-electron chi connectivity index (χ4n) is 0.790. The highest BCUT2D eigenvalue weighted by Crippen LogP contribution is 1.93. The van der Waals surface area contributed by atoms with E-state index in [-0.39, 0.29) is 19.4 Å². The van der Waals surface area contributed by atoms with E-state index in [1.54, 1.807) is 21.1 Å². The summed E-state index contributed by atoms with van der Waals surface area (Å²) in [7, 11) is 5.40. The van der Waals surface area contributed by atoms with Crippen LogP contribution in [0.3, 0.4) is 0 Å². The van der Waals surface area contributed by atoms with Crippen molar-refractivity contribution < 1.29 is 34.2 Å². The SMILES string of the molecule is C[N+](C)(C)CC(=O)[O-].NC(CCC(=O)O)C(=O)O. The highest BCUT2D eigenvalue weighted by Gasteiger charge is 2.12. The zero-order chi connectivity index (χ0) is 14.9. The number of hydrogen-bond acceptors (Lipinski definition) is 5. The number of rotatable bonds is 6. The molecular formula is C10H20N2O6. The van der Waals surface area contributed by atoms with Crippen molar-refractivity contribution >= 4 is 17.9 Å². The molecule has 0 aromatic heterocycles. The van der Waals surface area contributed by atoms with E-state index < -0.39 is 23.9 Å². The zero-order valence-electron chi connectivity index (χ0n) is 10.8. The summed E-state index contributed by atoms with van der Waals surface area (Å²) in [5, 5.41) is 26.2. The minimum absolute atomic E-state index is 0.0231.